The molecule has 6 nitrogen and oxygen atoms in total. The van der Waals surface area contributed by atoms with E-state index in [4.69, 9.17) is 0 Å². The summed E-state index contributed by atoms with van der Waals surface area (Å²) < 4.78 is 13.3. The van der Waals surface area contributed by atoms with Crippen molar-refractivity contribution in [3.8, 4) is 11.1 Å². The number of carbonyl (C=O) groups is 1. The third kappa shape index (κ3) is 4.76. The summed E-state index contributed by atoms with van der Waals surface area (Å²) in [4.78, 5) is 36.1. The maximum atomic E-state index is 13.3. The number of thiophene rings is 1. The molecule has 0 unspecified atom stereocenters. The first-order valence-electron chi connectivity index (χ1n) is 10.1. The molecule has 4 aromatic rings. The standard InChI is InChI=1S/C24H23FN4O2S/c1-14-7-9-16(10-8-14)21-15(2)32-24-22(21)23(31)27-19(28-24)12-29(3)13-20(30)26-18-6-4-5-17(25)11-18/h4-11H,12-13H2,1-3H3,(H,26,30)(H,27,28,31). The normalized spacial score (nSPS) is 11.3. The molecule has 2 aromatic heterocycles. The van der Waals surface area contributed by atoms with E-state index in [2.05, 4.69) is 15.3 Å². The number of amides is 1. The molecule has 0 fully saturated rings. The molecule has 0 radical (unpaired) electrons. The number of aryl methyl sites for hydroxylation is 2. The van der Waals surface area contributed by atoms with Crippen LogP contribution in [0.3, 0.4) is 0 Å². The number of likely N-dealkylation sites (N-methyl/N-ethyl adjacent to an activating group) is 1. The fraction of sp³-hybridized carbons (Fsp3) is 0.208. The highest BCUT2D eigenvalue weighted by molar-refractivity contribution is 7.19. The Hall–Kier alpha value is -3.36. The average molecular weight is 451 g/mol. The lowest BCUT2D eigenvalue weighted by atomic mass is 10.0. The van der Waals surface area contributed by atoms with Crippen LogP contribution in [0.15, 0.2) is 53.3 Å². The molecular formula is C24H23FN4O2S. The van der Waals surface area contributed by atoms with Gasteiger partial charge in [-0.2, -0.15) is 0 Å². The van der Waals surface area contributed by atoms with Crippen LogP contribution in [0.1, 0.15) is 16.3 Å². The van der Waals surface area contributed by atoms with Gasteiger partial charge in [0.05, 0.1) is 18.5 Å². The maximum Gasteiger partial charge on any atom is 0.260 e. The molecule has 0 bridgehead atoms. The highest BCUT2D eigenvalue weighted by Gasteiger charge is 2.17. The van der Waals surface area contributed by atoms with E-state index >= 15 is 0 Å². The third-order valence-electron chi connectivity index (χ3n) is 5.07. The Morgan fingerprint density at radius 2 is 1.94 bits per heavy atom. The van der Waals surface area contributed by atoms with Crippen LogP contribution in [0.25, 0.3) is 21.3 Å². The summed E-state index contributed by atoms with van der Waals surface area (Å²) in [7, 11) is 1.76. The molecule has 8 heteroatoms. The molecule has 0 aliphatic rings. The van der Waals surface area contributed by atoms with Crippen molar-refractivity contribution in [2.45, 2.75) is 20.4 Å². The summed E-state index contributed by atoms with van der Waals surface area (Å²) in [5, 5.41) is 3.25. The molecule has 4 rings (SSSR count). The number of halogens is 1. The van der Waals surface area contributed by atoms with E-state index in [0.29, 0.717) is 28.3 Å². The minimum atomic E-state index is -0.414. The van der Waals surface area contributed by atoms with Crippen molar-refractivity contribution in [2.75, 3.05) is 18.9 Å². The number of hydrogen-bond acceptors (Lipinski definition) is 5. The van der Waals surface area contributed by atoms with Crippen molar-refractivity contribution in [3.05, 3.63) is 81.0 Å². The van der Waals surface area contributed by atoms with Crippen LogP contribution in [-0.2, 0) is 11.3 Å². The summed E-state index contributed by atoms with van der Waals surface area (Å²) in [6, 6.07) is 13.8. The molecular weight excluding hydrogens is 427 g/mol. The highest BCUT2D eigenvalue weighted by atomic mass is 32.1. The van der Waals surface area contributed by atoms with Crippen LogP contribution in [0.5, 0.6) is 0 Å². The van der Waals surface area contributed by atoms with Crippen LogP contribution in [0.4, 0.5) is 10.1 Å². The Balaban J connectivity index is 1.52. The number of nitrogens with one attached hydrogen (secondary N) is 2. The predicted octanol–water partition coefficient (Wildman–Crippen LogP) is 4.48. The Bertz CT molecular complexity index is 1340. The minimum Gasteiger partial charge on any atom is -0.325 e. The number of anilines is 1. The summed E-state index contributed by atoms with van der Waals surface area (Å²) >= 11 is 1.49. The summed E-state index contributed by atoms with van der Waals surface area (Å²) in [5.74, 6) is -0.210. The molecule has 0 aliphatic carbocycles. The van der Waals surface area contributed by atoms with E-state index in [9.17, 15) is 14.0 Å². The third-order valence-corrected chi connectivity index (χ3v) is 6.07. The van der Waals surface area contributed by atoms with Crippen molar-refractivity contribution in [1.29, 1.82) is 0 Å². The van der Waals surface area contributed by atoms with E-state index in [1.54, 1.807) is 18.0 Å². The quantitative estimate of drug-likeness (QED) is 0.454. The van der Waals surface area contributed by atoms with Crippen molar-refractivity contribution in [1.82, 2.24) is 14.9 Å². The molecule has 32 heavy (non-hydrogen) atoms. The van der Waals surface area contributed by atoms with Gasteiger partial charge in [0.2, 0.25) is 5.91 Å². The SMILES string of the molecule is Cc1ccc(-c2c(C)sc3nc(CN(C)CC(=O)Nc4cccc(F)c4)[nH]c(=O)c23)cc1. The van der Waals surface area contributed by atoms with Gasteiger partial charge in [0.25, 0.3) is 5.56 Å². The number of aromatic amines is 1. The Labute approximate surface area is 188 Å². The maximum absolute atomic E-state index is 13.3. The van der Waals surface area contributed by atoms with E-state index in [-0.39, 0.29) is 18.0 Å². The van der Waals surface area contributed by atoms with E-state index in [1.807, 2.05) is 38.1 Å². The molecule has 2 heterocycles. The van der Waals surface area contributed by atoms with Gasteiger partial charge in [0.1, 0.15) is 16.5 Å². The Morgan fingerprint density at radius 3 is 2.66 bits per heavy atom. The number of fused-ring (bicyclic) bond motifs is 1. The lowest BCUT2D eigenvalue weighted by Crippen LogP contribution is -2.31. The van der Waals surface area contributed by atoms with Gasteiger partial charge in [0.15, 0.2) is 0 Å². The van der Waals surface area contributed by atoms with E-state index < -0.39 is 5.82 Å². The van der Waals surface area contributed by atoms with Crippen LogP contribution in [-0.4, -0.2) is 34.4 Å². The smallest absolute Gasteiger partial charge is 0.260 e. The first-order valence-corrected chi connectivity index (χ1v) is 10.9. The average Bonchev–Trinajstić information content (AvgIpc) is 3.04. The van der Waals surface area contributed by atoms with Gasteiger partial charge in [-0.25, -0.2) is 9.37 Å². The lowest BCUT2D eigenvalue weighted by Gasteiger charge is -2.15. The molecule has 164 valence electrons. The second kappa shape index (κ2) is 9.02. The van der Waals surface area contributed by atoms with Gasteiger partial charge >= 0.3 is 0 Å². The molecule has 2 aromatic carbocycles. The van der Waals surface area contributed by atoms with Crippen molar-refractivity contribution < 1.29 is 9.18 Å². The molecule has 1 amide bonds. The molecule has 0 saturated heterocycles. The monoisotopic (exact) mass is 450 g/mol. The highest BCUT2D eigenvalue weighted by Crippen LogP contribution is 2.35. The number of carbonyl (C=O) groups excluding carboxylic acids is 1. The van der Waals surface area contributed by atoms with Crippen LogP contribution >= 0.6 is 11.3 Å². The number of benzene rings is 2. The van der Waals surface area contributed by atoms with Crippen molar-refractivity contribution in [3.63, 3.8) is 0 Å². The second-order valence-corrected chi connectivity index (χ2v) is 9.03. The molecule has 2 N–H and O–H groups in total. The van der Waals surface area contributed by atoms with E-state index in [0.717, 1.165) is 21.6 Å². The first kappa shape index (κ1) is 21.9. The zero-order valence-corrected chi connectivity index (χ0v) is 18.8. The van der Waals surface area contributed by atoms with Crippen LogP contribution in [0, 0.1) is 19.7 Å². The topological polar surface area (TPSA) is 78.1 Å². The zero-order chi connectivity index (χ0) is 22.8. The van der Waals surface area contributed by atoms with Crippen molar-refractivity contribution in [2.24, 2.45) is 0 Å². The largest absolute Gasteiger partial charge is 0.325 e. The van der Waals surface area contributed by atoms with Crippen molar-refractivity contribution >= 4 is 33.1 Å². The fourth-order valence-electron chi connectivity index (χ4n) is 3.63. The summed E-state index contributed by atoms with van der Waals surface area (Å²) in [6.07, 6.45) is 0. The Kier molecular flexibility index (Phi) is 6.16. The van der Waals surface area contributed by atoms with Gasteiger partial charge in [-0.15, -0.1) is 11.3 Å². The number of nitrogens with zero attached hydrogens (tertiary/aromatic N) is 2. The lowest BCUT2D eigenvalue weighted by molar-refractivity contribution is -0.117. The van der Waals surface area contributed by atoms with Crippen LogP contribution in [0.2, 0.25) is 0 Å². The molecule has 0 saturated carbocycles. The van der Waals surface area contributed by atoms with Crippen LogP contribution < -0.4 is 10.9 Å². The van der Waals surface area contributed by atoms with Gasteiger partial charge in [-0.05, 0) is 44.7 Å². The second-order valence-electron chi connectivity index (χ2n) is 7.82. The Morgan fingerprint density at radius 1 is 1.19 bits per heavy atom. The minimum absolute atomic E-state index is 0.0658. The van der Waals surface area contributed by atoms with E-state index in [1.165, 1.54) is 29.5 Å². The number of H-pyrrole nitrogens is 1. The van der Waals surface area contributed by atoms with Gasteiger partial charge in [0, 0.05) is 16.1 Å². The molecule has 0 aliphatic heterocycles. The number of aromatic nitrogens is 2. The molecule has 0 spiro atoms. The molecule has 0 atom stereocenters. The summed E-state index contributed by atoms with van der Waals surface area (Å²) in [6.45, 7) is 4.37. The number of rotatable bonds is 6. The number of hydrogen-bond donors (Lipinski definition) is 2. The zero-order valence-electron chi connectivity index (χ0n) is 18.0. The predicted molar refractivity (Wildman–Crippen MR) is 127 cm³/mol. The van der Waals surface area contributed by atoms with Gasteiger partial charge < -0.3 is 10.3 Å². The summed E-state index contributed by atoms with van der Waals surface area (Å²) in [5.41, 5.74) is 3.26. The fourth-order valence-corrected chi connectivity index (χ4v) is 4.69. The van der Waals surface area contributed by atoms with Gasteiger partial charge in [-0.1, -0.05) is 35.9 Å². The first-order chi connectivity index (χ1) is 15.3. The van der Waals surface area contributed by atoms with Gasteiger partial charge in [-0.3, -0.25) is 14.5 Å².